The zero-order valence-electron chi connectivity index (χ0n) is 33.7. The Kier molecular flexibility index (Phi) is 11.3. The largest absolute Gasteiger partial charge is 0.465 e. The van der Waals surface area contributed by atoms with Gasteiger partial charge in [0.25, 0.3) is 0 Å². The number of carbonyl (C=O) groups is 1. The van der Waals surface area contributed by atoms with Crippen molar-refractivity contribution < 1.29 is 23.1 Å². The summed E-state index contributed by atoms with van der Waals surface area (Å²) in [6.07, 6.45) is 14.4. The zero-order chi connectivity index (χ0) is 37.7. The van der Waals surface area contributed by atoms with Crippen LogP contribution in [0.1, 0.15) is 129 Å². The van der Waals surface area contributed by atoms with Gasteiger partial charge in [0.1, 0.15) is 0 Å². The topological polar surface area (TPSA) is 95.9 Å². The molecule has 292 valence electrons. The maximum absolute atomic E-state index is 12.2. The summed E-state index contributed by atoms with van der Waals surface area (Å²) in [5.74, 6) is 2.87. The Bertz CT molecular complexity index is 1580. The van der Waals surface area contributed by atoms with Gasteiger partial charge in [0.2, 0.25) is 0 Å². The number of sulfone groups is 1. The van der Waals surface area contributed by atoms with Crippen LogP contribution in [0.5, 0.6) is 0 Å². The summed E-state index contributed by atoms with van der Waals surface area (Å²) >= 11 is 0. The van der Waals surface area contributed by atoms with Gasteiger partial charge in [-0.05, 0) is 132 Å². The van der Waals surface area contributed by atoms with E-state index in [0.717, 1.165) is 38.8 Å². The molecule has 3 saturated carbocycles. The van der Waals surface area contributed by atoms with E-state index in [1.807, 2.05) is 12.1 Å². The average molecular weight is 739 g/mol. The van der Waals surface area contributed by atoms with Gasteiger partial charge < -0.3 is 20.1 Å². The average Bonchev–Trinajstić information content (AvgIpc) is 3.10. The van der Waals surface area contributed by atoms with E-state index in [-0.39, 0.29) is 57.2 Å². The van der Waals surface area contributed by atoms with Crippen LogP contribution in [0.3, 0.4) is 0 Å². The number of nitrogens with one attached hydrogen (secondary N) is 1. The number of benzene rings is 1. The first kappa shape index (κ1) is 39.9. The van der Waals surface area contributed by atoms with Gasteiger partial charge in [0.05, 0.1) is 24.2 Å². The van der Waals surface area contributed by atoms with Crippen LogP contribution in [0.15, 0.2) is 30.3 Å². The Morgan fingerprint density at radius 1 is 0.981 bits per heavy atom. The Labute approximate surface area is 316 Å². The van der Waals surface area contributed by atoms with Crippen molar-refractivity contribution in [3.8, 4) is 0 Å². The molecule has 0 amide bonds. The number of esters is 1. The first-order valence-electron chi connectivity index (χ1n) is 20.7. The van der Waals surface area contributed by atoms with Gasteiger partial charge in [-0.1, -0.05) is 73.1 Å². The molecule has 0 radical (unpaired) electrons. The SMILES string of the molecule is CCCC1(NCCN2CCS(=O)(=O)CC2)CCC2(C)C(CCC3C4(C)CC=C(c5ccc(C(=O)OC)cc5)C(C)(C)C4CCC32C)C1CC(C)CO. The van der Waals surface area contributed by atoms with Crippen molar-refractivity contribution in [2.75, 3.05) is 51.4 Å². The smallest absolute Gasteiger partial charge is 0.337 e. The van der Waals surface area contributed by atoms with Crippen LogP contribution in [0.25, 0.3) is 5.57 Å². The van der Waals surface area contributed by atoms with Crippen molar-refractivity contribution in [1.29, 1.82) is 0 Å². The van der Waals surface area contributed by atoms with Crippen LogP contribution in [0.4, 0.5) is 0 Å². The number of rotatable bonds is 11. The zero-order valence-corrected chi connectivity index (χ0v) is 34.5. The molecule has 9 unspecified atom stereocenters. The summed E-state index contributed by atoms with van der Waals surface area (Å²) in [5, 5.41) is 14.6. The van der Waals surface area contributed by atoms with Crippen LogP contribution < -0.4 is 5.32 Å². The van der Waals surface area contributed by atoms with Crippen molar-refractivity contribution in [2.24, 2.45) is 51.2 Å². The fourth-order valence-electron chi connectivity index (χ4n) is 13.5. The van der Waals surface area contributed by atoms with Crippen molar-refractivity contribution in [1.82, 2.24) is 10.2 Å². The highest BCUT2D eigenvalue weighted by Crippen LogP contribution is 2.75. The second kappa shape index (κ2) is 14.7. The second-order valence-corrected chi connectivity index (χ2v) is 21.5. The lowest BCUT2D eigenvalue weighted by Crippen LogP contribution is -2.68. The Hall–Kier alpha value is -1.74. The molecular formula is C44H70N2O5S. The van der Waals surface area contributed by atoms with Gasteiger partial charge in [-0.25, -0.2) is 13.2 Å². The number of hydrogen-bond donors (Lipinski definition) is 2. The molecule has 1 saturated heterocycles. The van der Waals surface area contributed by atoms with Crippen LogP contribution in [0.2, 0.25) is 0 Å². The van der Waals surface area contributed by atoms with E-state index in [1.165, 1.54) is 56.8 Å². The number of fused-ring (bicyclic) bond motifs is 5. The van der Waals surface area contributed by atoms with Crippen molar-refractivity contribution in [3.63, 3.8) is 0 Å². The maximum atomic E-state index is 12.2. The molecule has 8 heteroatoms. The molecule has 9 atom stereocenters. The van der Waals surface area contributed by atoms with Gasteiger partial charge in [0, 0.05) is 38.3 Å². The van der Waals surface area contributed by atoms with E-state index < -0.39 is 9.84 Å². The van der Waals surface area contributed by atoms with Gasteiger partial charge in [-0.15, -0.1) is 0 Å². The summed E-state index contributed by atoms with van der Waals surface area (Å²) in [6.45, 7) is 20.9. The third kappa shape index (κ3) is 6.76. The van der Waals surface area contributed by atoms with Gasteiger partial charge in [-0.2, -0.15) is 0 Å². The predicted molar refractivity (Wildman–Crippen MR) is 212 cm³/mol. The summed E-state index contributed by atoms with van der Waals surface area (Å²) in [7, 11) is -1.45. The van der Waals surface area contributed by atoms with E-state index in [9.17, 15) is 18.3 Å². The van der Waals surface area contributed by atoms with Gasteiger partial charge in [0.15, 0.2) is 9.84 Å². The number of aliphatic hydroxyl groups is 1. The Morgan fingerprint density at radius 3 is 2.31 bits per heavy atom. The number of ether oxygens (including phenoxy) is 1. The number of carbonyl (C=O) groups excluding carboxylic acids is 1. The van der Waals surface area contributed by atoms with E-state index in [4.69, 9.17) is 4.74 Å². The lowest BCUT2D eigenvalue weighted by Gasteiger charge is -2.72. The Balaban J connectivity index is 1.27. The summed E-state index contributed by atoms with van der Waals surface area (Å²) < 4.78 is 29.1. The molecule has 0 spiro atoms. The molecule has 2 N–H and O–H groups in total. The molecule has 6 rings (SSSR count). The minimum Gasteiger partial charge on any atom is -0.465 e. The fourth-order valence-corrected chi connectivity index (χ4v) is 14.8. The molecule has 4 aliphatic carbocycles. The van der Waals surface area contributed by atoms with Gasteiger partial charge in [-0.3, -0.25) is 0 Å². The normalized spacial score (nSPS) is 39.0. The number of aliphatic hydroxyl groups excluding tert-OH is 1. The van der Waals surface area contributed by atoms with E-state index >= 15 is 0 Å². The molecule has 5 aliphatic rings. The maximum Gasteiger partial charge on any atom is 0.337 e. The van der Waals surface area contributed by atoms with Crippen LogP contribution >= 0.6 is 0 Å². The third-order valence-corrected chi connectivity index (χ3v) is 18.0. The molecule has 7 nitrogen and oxygen atoms in total. The summed E-state index contributed by atoms with van der Waals surface area (Å²) in [6, 6.07) is 8.06. The molecule has 4 fully saturated rings. The van der Waals surface area contributed by atoms with Crippen molar-refractivity contribution in [3.05, 3.63) is 41.5 Å². The minimum absolute atomic E-state index is 0.0171. The number of methoxy groups -OCH3 is 1. The van der Waals surface area contributed by atoms with Crippen LogP contribution in [-0.2, 0) is 14.6 Å². The number of hydrogen-bond acceptors (Lipinski definition) is 7. The van der Waals surface area contributed by atoms with E-state index in [2.05, 4.69) is 76.9 Å². The quantitative estimate of drug-likeness (QED) is 0.222. The van der Waals surface area contributed by atoms with E-state index in [0.29, 0.717) is 42.3 Å². The molecule has 1 aliphatic heterocycles. The second-order valence-electron chi connectivity index (χ2n) is 19.2. The molecule has 1 heterocycles. The third-order valence-electron chi connectivity index (χ3n) is 16.4. The Morgan fingerprint density at radius 2 is 1.67 bits per heavy atom. The minimum atomic E-state index is -2.88. The van der Waals surface area contributed by atoms with Crippen LogP contribution in [0, 0.1) is 51.2 Å². The first-order valence-corrected chi connectivity index (χ1v) is 22.5. The molecule has 1 aromatic rings. The lowest BCUT2D eigenvalue weighted by atomic mass is 9.32. The first-order chi connectivity index (χ1) is 24.5. The highest BCUT2D eigenvalue weighted by atomic mass is 32.2. The standard InChI is InChI=1S/C44H70N2O5S/c1-9-18-44(45-23-24-46-25-27-52(49,50)28-26-46)22-21-42(6)35(36(44)29-31(2)30-47)14-15-38-41(5)19-16-34(32-10-12-33(13-11-32)39(48)51-8)40(3,4)37(41)17-20-43(38,42)7/h10-13,16,31,35-38,45,47H,9,14-15,17-30H2,1-8H3. The molecule has 52 heavy (non-hydrogen) atoms. The molecular weight excluding hydrogens is 669 g/mol. The summed E-state index contributed by atoms with van der Waals surface area (Å²) in [4.78, 5) is 14.5. The van der Waals surface area contributed by atoms with Crippen molar-refractivity contribution in [2.45, 2.75) is 118 Å². The predicted octanol–water partition coefficient (Wildman–Crippen LogP) is 8.03. The number of nitrogens with zero attached hydrogens (tertiary/aromatic N) is 1. The fraction of sp³-hybridized carbons (Fsp3) is 0.795. The number of allylic oxidation sites excluding steroid dienone is 2. The molecule has 0 bridgehead atoms. The molecule has 0 aromatic heterocycles. The monoisotopic (exact) mass is 739 g/mol. The highest BCUT2D eigenvalue weighted by molar-refractivity contribution is 7.91. The highest BCUT2D eigenvalue weighted by Gasteiger charge is 2.68. The summed E-state index contributed by atoms with van der Waals surface area (Å²) in [5.41, 5.74) is 3.98. The van der Waals surface area contributed by atoms with Crippen LogP contribution in [-0.4, -0.2) is 81.3 Å². The lowest BCUT2D eigenvalue weighted by molar-refractivity contribution is -0.222. The van der Waals surface area contributed by atoms with Gasteiger partial charge >= 0.3 is 5.97 Å². The van der Waals surface area contributed by atoms with Crippen molar-refractivity contribution >= 4 is 21.4 Å². The van der Waals surface area contributed by atoms with E-state index in [1.54, 1.807) is 0 Å². The molecule has 1 aromatic carbocycles.